The van der Waals surface area contributed by atoms with Gasteiger partial charge < -0.3 is 15.8 Å². The standard InChI is InChI=1S/C20H15ClF3N7OS/c1-33-19-27-15(25)9-16(28-19)32-14-6-5-10(7-13(14)21)17-29-18(31-30-17)26-12-4-2-3-11(8-12)20(22,23)24/h2-9H,1H3,(H2,25,27,28)(H2,26,29,30,31). The summed E-state index contributed by atoms with van der Waals surface area (Å²) in [5, 5.41) is 10.2. The third kappa shape index (κ3) is 5.46. The highest BCUT2D eigenvalue weighted by Gasteiger charge is 2.30. The first-order chi connectivity index (χ1) is 15.7. The van der Waals surface area contributed by atoms with Crippen molar-refractivity contribution in [2.75, 3.05) is 17.3 Å². The molecular formula is C20H15ClF3N7OS. The second-order valence-electron chi connectivity index (χ2n) is 6.58. The van der Waals surface area contributed by atoms with Crippen LogP contribution >= 0.6 is 23.4 Å². The Kier molecular flexibility index (Phi) is 6.29. The lowest BCUT2D eigenvalue weighted by Gasteiger charge is -2.09. The number of benzene rings is 2. The molecular weight excluding hydrogens is 479 g/mol. The predicted octanol–water partition coefficient (Wildman–Crippen LogP) is 5.77. The van der Waals surface area contributed by atoms with Gasteiger partial charge in [-0.15, -0.1) is 5.10 Å². The fourth-order valence-electron chi connectivity index (χ4n) is 2.76. The van der Waals surface area contributed by atoms with Crippen molar-refractivity contribution < 1.29 is 17.9 Å². The lowest BCUT2D eigenvalue weighted by molar-refractivity contribution is -0.137. The molecule has 0 aliphatic heterocycles. The maximum atomic E-state index is 12.9. The molecule has 0 aliphatic rings. The minimum absolute atomic E-state index is 0.0989. The highest BCUT2D eigenvalue weighted by molar-refractivity contribution is 7.98. The number of halogens is 4. The summed E-state index contributed by atoms with van der Waals surface area (Å²) < 4.78 is 44.4. The number of hydrogen-bond donors (Lipinski definition) is 3. The van der Waals surface area contributed by atoms with Crippen LogP contribution in [0.25, 0.3) is 11.4 Å². The van der Waals surface area contributed by atoms with E-state index < -0.39 is 11.7 Å². The molecule has 0 atom stereocenters. The molecule has 2 heterocycles. The normalized spacial score (nSPS) is 11.4. The fourth-order valence-corrected chi connectivity index (χ4v) is 3.35. The van der Waals surface area contributed by atoms with Crippen LogP contribution in [0.5, 0.6) is 11.6 Å². The minimum atomic E-state index is -4.45. The van der Waals surface area contributed by atoms with Crippen molar-refractivity contribution >= 4 is 40.8 Å². The molecule has 4 rings (SSSR count). The van der Waals surface area contributed by atoms with Crippen molar-refractivity contribution in [3.63, 3.8) is 0 Å². The van der Waals surface area contributed by atoms with Crippen molar-refractivity contribution in [3.05, 3.63) is 59.1 Å². The molecule has 2 aromatic heterocycles. The van der Waals surface area contributed by atoms with Crippen LogP contribution in [0, 0.1) is 0 Å². The van der Waals surface area contributed by atoms with Crippen LogP contribution in [0.1, 0.15) is 5.56 Å². The van der Waals surface area contributed by atoms with E-state index in [1.165, 1.54) is 30.0 Å². The van der Waals surface area contributed by atoms with Crippen LogP contribution < -0.4 is 15.8 Å². The second kappa shape index (κ2) is 9.16. The van der Waals surface area contributed by atoms with Gasteiger partial charge in [0.25, 0.3) is 0 Å². The van der Waals surface area contributed by atoms with Gasteiger partial charge in [-0.1, -0.05) is 29.4 Å². The predicted molar refractivity (Wildman–Crippen MR) is 120 cm³/mol. The molecule has 2 aromatic carbocycles. The summed E-state index contributed by atoms with van der Waals surface area (Å²) >= 11 is 7.67. The second-order valence-corrected chi connectivity index (χ2v) is 7.76. The molecule has 170 valence electrons. The van der Waals surface area contributed by atoms with E-state index in [0.717, 1.165) is 12.1 Å². The number of alkyl halides is 3. The number of aromatic amines is 1. The average molecular weight is 494 g/mol. The van der Waals surface area contributed by atoms with Gasteiger partial charge in [0.15, 0.2) is 11.0 Å². The van der Waals surface area contributed by atoms with E-state index in [0.29, 0.717) is 22.3 Å². The number of nitrogen functional groups attached to an aromatic ring is 1. The van der Waals surface area contributed by atoms with Crippen LogP contribution in [-0.2, 0) is 6.18 Å². The number of rotatable bonds is 6. The molecule has 13 heteroatoms. The number of hydrogen-bond acceptors (Lipinski definition) is 8. The number of aromatic nitrogens is 5. The smallest absolute Gasteiger partial charge is 0.416 e. The summed E-state index contributed by atoms with van der Waals surface area (Å²) in [6.45, 7) is 0. The van der Waals surface area contributed by atoms with E-state index in [-0.39, 0.29) is 28.4 Å². The topological polar surface area (TPSA) is 115 Å². The van der Waals surface area contributed by atoms with Crippen LogP contribution in [0.3, 0.4) is 0 Å². The molecule has 0 radical (unpaired) electrons. The van der Waals surface area contributed by atoms with Gasteiger partial charge in [-0.2, -0.15) is 23.1 Å². The third-order valence-corrected chi connectivity index (χ3v) is 5.08. The van der Waals surface area contributed by atoms with Gasteiger partial charge in [0.1, 0.15) is 11.6 Å². The van der Waals surface area contributed by atoms with Crippen molar-refractivity contribution in [1.29, 1.82) is 0 Å². The van der Waals surface area contributed by atoms with E-state index in [9.17, 15) is 13.2 Å². The lowest BCUT2D eigenvalue weighted by Crippen LogP contribution is -2.05. The van der Waals surface area contributed by atoms with Gasteiger partial charge in [0.05, 0.1) is 10.6 Å². The number of anilines is 3. The van der Waals surface area contributed by atoms with E-state index in [2.05, 4.69) is 30.5 Å². The Morgan fingerprint density at radius 3 is 2.64 bits per heavy atom. The molecule has 0 unspecified atom stereocenters. The summed E-state index contributed by atoms with van der Waals surface area (Å²) in [5.41, 5.74) is 5.77. The quantitative estimate of drug-likeness (QED) is 0.229. The van der Waals surface area contributed by atoms with Crippen LogP contribution in [0.15, 0.2) is 53.7 Å². The van der Waals surface area contributed by atoms with E-state index in [4.69, 9.17) is 22.1 Å². The lowest BCUT2D eigenvalue weighted by atomic mass is 10.2. The van der Waals surface area contributed by atoms with Crippen LogP contribution in [0.2, 0.25) is 5.02 Å². The van der Waals surface area contributed by atoms with Gasteiger partial charge in [-0.25, -0.2) is 4.98 Å². The Morgan fingerprint density at radius 2 is 1.91 bits per heavy atom. The monoisotopic (exact) mass is 493 g/mol. The summed E-state index contributed by atoms with van der Waals surface area (Å²) in [7, 11) is 0. The number of nitrogens with two attached hydrogens (primary N) is 1. The van der Waals surface area contributed by atoms with Gasteiger partial charge in [-0.3, -0.25) is 5.10 Å². The van der Waals surface area contributed by atoms with Gasteiger partial charge >= 0.3 is 6.18 Å². The fraction of sp³-hybridized carbons (Fsp3) is 0.100. The summed E-state index contributed by atoms with van der Waals surface area (Å²) in [5.74, 6) is 1.30. The average Bonchev–Trinajstić information content (AvgIpc) is 3.23. The molecule has 4 aromatic rings. The third-order valence-electron chi connectivity index (χ3n) is 4.24. The van der Waals surface area contributed by atoms with Crippen molar-refractivity contribution in [3.8, 4) is 23.0 Å². The molecule has 0 amide bonds. The molecule has 0 spiro atoms. The Labute approximate surface area is 194 Å². The number of nitrogens with one attached hydrogen (secondary N) is 2. The molecule has 4 N–H and O–H groups in total. The summed E-state index contributed by atoms with van der Waals surface area (Å²) in [6.07, 6.45) is -2.63. The zero-order valence-electron chi connectivity index (χ0n) is 16.8. The Hall–Kier alpha value is -3.51. The number of thioether (sulfide) groups is 1. The molecule has 0 bridgehead atoms. The van der Waals surface area contributed by atoms with Gasteiger partial charge in [-0.05, 0) is 42.7 Å². The maximum Gasteiger partial charge on any atom is 0.416 e. The summed E-state index contributed by atoms with van der Waals surface area (Å²) in [6, 6.07) is 11.1. The van der Waals surface area contributed by atoms with Gasteiger partial charge in [0.2, 0.25) is 11.8 Å². The maximum absolute atomic E-state index is 12.9. The first-order valence-electron chi connectivity index (χ1n) is 9.24. The zero-order chi connectivity index (χ0) is 23.6. The number of nitrogens with zero attached hydrogens (tertiary/aromatic N) is 4. The zero-order valence-corrected chi connectivity index (χ0v) is 18.4. The first kappa shape index (κ1) is 22.7. The minimum Gasteiger partial charge on any atom is -0.437 e. The Balaban J connectivity index is 1.51. The highest BCUT2D eigenvalue weighted by atomic mass is 35.5. The van der Waals surface area contributed by atoms with Crippen molar-refractivity contribution in [1.82, 2.24) is 25.1 Å². The Bertz CT molecular complexity index is 1300. The molecule has 0 aliphatic carbocycles. The van der Waals surface area contributed by atoms with E-state index >= 15 is 0 Å². The van der Waals surface area contributed by atoms with Crippen molar-refractivity contribution in [2.24, 2.45) is 0 Å². The molecule has 0 saturated heterocycles. The molecule has 0 fully saturated rings. The first-order valence-corrected chi connectivity index (χ1v) is 10.8. The van der Waals surface area contributed by atoms with Crippen molar-refractivity contribution in [2.45, 2.75) is 11.3 Å². The largest absolute Gasteiger partial charge is 0.437 e. The van der Waals surface area contributed by atoms with Gasteiger partial charge in [0, 0.05) is 17.3 Å². The molecule has 8 nitrogen and oxygen atoms in total. The van der Waals surface area contributed by atoms with E-state index in [1.807, 2.05) is 6.26 Å². The summed E-state index contributed by atoms with van der Waals surface area (Å²) in [4.78, 5) is 12.5. The Morgan fingerprint density at radius 1 is 1.09 bits per heavy atom. The molecule has 0 saturated carbocycles. The number of ether oxygens (including phenoxy) is 1. The SMILES string of the molecule is CSc1nc(N)cc(Oc2ccc(-c3nc(Nc4cccc(C(F)(F)F)c4)n[nH]3)cc2Cl)n1. The highest BCUT2D eigenvalue weighted by Crippen LogP contribution is 2.34. The molecule has 33 heavy (non-hydrogen) atoms. The van der Waals surface area contributed by atoms with Crippen LogP contribution in [0.4, 0.5) is 30.6 Å². The van der Waals surface area contributed by atoms with Crippen LogP contribution in [-0.4, -0.2) is 31.4 Å². The number of H-pyrrole nitrogens is 1. The van der Waals surface area contributed by atoms with E-state index in [1.54, 1.807) is 18.2 Å².